The Bertz CT molecular complexity index is 1330. The molecule has 4 aliphatic rings. The van der Waals surface area contributed by atoms with Crippen LogP contribution in [0.1, 0.15) is 44.8 Å². The minimum Gasteiger partial charge on any atom is -0.386 e. The van der Waals surface area contributed by atoms with Crippen molar-refractivity contribution in [3.63, 3.8) is 0 Å². The van der Waals surface area contributed by atoms with E-state index in [1.807, 2.05) is 12.1 Å². The molecule has 1 fully saturated rings. The van der Waals surface area contributed by atoms with E-state index in [0.717, 1.165) is 31.2 Å². The molecule has 1 saturated heterocycles. The number of hydrogen-bond acceptors (Lipinski definition) is 10. The van der Waals surface area contributed by atoms with E-state index in [2.05, 4.69) is 37.0 Å². The number of aliphatic hydroxyl groups is 1. The molecule has 8 N–H and O–H groups in total. The van der Waals surface area contributed by atoms with Crippen LogP contribution in [0.3, 0.4) is 0 Å². The van der Waals surface area contributed by atoms with Crippen LogP contribution in [0.15, 0.2) is 52.6 Å². The lowest BCUT2D eigenvalue weighted by molar-refractivity contribution is 0.0144. The summed E-state index contributed by atoms with van der Waals surface area (Å²) in [7, 11) is 0. The van der Waals surface area contributed by atoms with Crippen LogP contribution in [0, 0.1) is 0 Å². The molecule has 1 aromatic heterocycles. The maximum absolute atomic E-state index is 13.4. The smallest absolute Gasteiger partial charge is 0.269 e. The number of nitrogens with zero attached hydrogens (tertiary/aromatic N) is 4. The Morgan fingerprint density at radius 2 is 1.95 bits per heavy atom. The predicted molar refractivity (Wildman–Crippen MR) is 140 cm³/mol. The number of nitrogens with one attached hydrogen (secondary N) is 3. The van der Waals surface area contributed by atoms with Gasteiger partial charge in [0.25, 0.3) is 11.8 Å². The molecule has 2 amide bonds. The Morgan fingerprint density at radius 1 is 1.11 bits per heavy atom. The second-order valence-electron chi connectivity index (χ2n) is 10.2. The van der Waals surface area contributed by atoms with Crippen molar-refractivity contribution < 1.29 is 14.7 Å². The fourth-order valence-electron chi connectivity index (χ4n) is 6.23. The van der Waals surface area contributed by atoms with Crippen molar-refractivity contribution in [3.8, 4) is 0 Å². The largest absolute Gasteiger partial charge is 0.386 e. The summed E-state index contributed by atoms with van der Waals surface area (Å²) in [5.74, 6) is -0.290. The van der Waals surface area contributed by atoms with Gasteiger partial charge in [-0.15, -0.1) is 0 Å². The molecule has 1 aromatic carbocycles. The highest BCUT2D eigenvalue weighted by molar-refractivity contribution is 5.97. The maximum Gasteiger partial charge on any atom is 0.269 e. The number of carbonyl (C=O) groups excluding carboxylic acids is 2. The number of aliphatic hydroxyl groups excluding tert-OH is 1. The lowest BCUT2D eigenvalue weighted by Gasteiger charge is -2.46. The third kappa shape index (κ3) is 3.83. The summed E-state index contributed by atoms with van der Waals surface area (Å²) in [5, 5.41) is 20.6. The molecule has 1 spiro atoms. The lowest BCUT2D eigenvalue weighted by atomic mass is 9.87. The van der Waals surface area contributed by atoms with E-state index >= 15 is 0 Å². The van der Waals surface area contributed by atoms with Gasteiger partial charge in [-0.05, 0) is 55.0 Å². The normalized spacial score (nSPS) is 29.2. The summed E-state index contributed by atoms with van der Waals surface area (Å²) >= 11 is 0. The minimum atomic E-state index is -1.20. The topological polar surface area (TPSA) is 183 Å². The van der Waals surface area contributed by atoms with E-state index in [0.29, 0.717) is 5.56 Å². The maximum atomic E-state index is 13.4. The second kappa shape index (κ2) is 9.28. The molecule has 4 heterocycles. The van der Waals surface area contributed by atoms with Crippen molar-refractivity contribution in [2.45, 2.75) is 55.6 Å². The molecule has 3 aliphatic heterocycles. The van der Waals surface area contributed by atoms with Crippen molar-refractivity contribution >= 4 is 23.7 Å². The number of fused-ring (bicyclic) bond motifs is 1. The van der Waals surface area contributed by atoms with Crippen LogP contribution in [0.5, 0.6) is 0 Å². The van der Waals surface area contributed by atoms with Crippen LogP contribution >= 0.6 is 0 Å². The zero-order valence-corrected chi connectivity index (χ0v) is 20.8. The first-order valence-corrected chi connectivity index (χ1v) is 12.9. The molecular formula is C26H31N9O3. The van der Waals surface area contributed by atoms with Gasteiger partial charge in [0.1, 0.15) is 17.8 Å². The summed E-state index contributed by atoms with van der Waals surface area (Å²) in [5.41, 5.74) is 14.5. The quantitative estimate of drug-likeness (QED) is 0.287. The number of aryl methyl sites for hydroxylation is 1. The molecule has 12 nitrogen and oxygen atoms in total. The van der Waals surface area contributed by atoms with E-state index in [9.17, 15) is 14.7 Å². The third-order valence-corrected chi connectivity index (χ3v) is 7.98. The number of carbonyl (C=O) groups is 2. The Morgan fingerprint density at radius 3 is 2.76 bits per heavy atom. The first-order chi connectivity index (χ1) is 18.4. The van der Waals surface area contributed by atoms with E-state index < -0.39 is 29.9 Å². The fraction of sp³-hybridized carbons (Fsp3) is 0.423. The van der Waals surface area contributed by atoms with Crippen LogP contribution in [0.4, 0.5) is 0 Å². The number of aromatic nitrogens is 1. The van der Waals surface area contributed by atoms with Crippen molar-refractivity contribution in [1.82, 2.24) is 25.8 Å². The first kappa shape index (κ1) is 24.2. The summed E-state index contributed by atoms with van der Waals surface area (Å²) in [6.45, 7) is 0.325. The Kier molecular flexibility index (Phi) is 5.90. The number of nitrogens with two attached hydrogens (primary N) is 2. The molecule has 198 valence electrons. The molecule has 0 saturated carbocycles. The average Bonchev–Trinajstić information content (AvgIpc) is 3.43. The predicted octanol–water partition coefficient (Wildman–Crippen LogP) is -1.15. The summed E-state index contributed by atoms with van der Waals surface area (Å²) in [6.07, 6.45) is 4.43. The molecule has 12 heteroatoms. The van der Waals surface area contributed by atoms with E-state index in [-0.39, 0.29) is 42.5 Å². The number of pyridine rings is 1. The Hall–Kier alpha value is -4.19. The van der Waals surface area contributed by atoms with E-state index in [4.69, 9.17) is 11.5 Å². The summed E-state index contributed by atoms with van der Waals surface area (Å²) in [6, 6.07) is 8.97. The molecule has 38 heavy (non-hydrogen) atoms. The van der Waals surface area contributed by atoms with Crippen LogP contribution in [-0.4, -0.2) is 81.7 Å². The minimum absolute atomic E-state index is 0.106. The van der Waals surface area contributed by atoms with Crippen molar-refractivity contribution in [2.75, 3.05) is 13.1 Å². The van der Waals surface area contributed by atoms with Crippen LogP contribution < -0.4 is 27.4 Å². The highest BCUT2D eigenvalue weighted by Crippen LogP contribution is 2.40. The number of amides is 2. The number of hydrogen-bond donors (Lipinski definition) is 6. The van der Waals surface area contributed by atoms with Gasteiger partial charge >= 0.3 is 0 Å². The monoisotopic (exact) mass is 517 g/mol. The molecular weight excluding hydrogens is 486 g/mol. The van der Waals surface area contributed by atoms with E-state index in [1.54, 1.807) is 29.3 Å². The third-order valence-electron chi connectivity index (χ3n) is 7.98. The average molecular weight is 518 g/mol. The van der Waals surface area contributed by atoms with Gasteiger partial charge in [-0.3, -0.25) is 14.6 Å². The van der Waals surface area contributed by atoms with Crippen LogP contribution in [-0.2, 0) is 12.8 Å². The van der Waals surface area contributed by atoms with Crippen LogP contribution in [0.2, 0.25) is 0 Å². The Labute approximate surface area is 219 Å². The van der Waals surface area contributed by atoms with Gasteiger partial charge in [0, 0.05) is 24.8 Å². The Balaban J connectivity index is 1.22. The molecule has 0 radical (unpaired) electrons. The second-order valence-corrected chi connectivity index (χ2v) is 10.2. The highest BCUT2D eigenvalue weighted by Gasteiger charge is 2.65. The van der Waals surface area contributed by atoms with Gasteiger partial charge in [0.15, 0.2) is 17.6 Å². The standard InChI is InChI=1S/C26H31N9O3/c27-24-33-20-18(12-30-23(38)17-10-3-4-11-29-17)32-25(28)35-13-19(21(36)26(20,35)34-24)31-22(37)16-9-5-7-14-6-1-2-8-15(14)16/h3-5,7,9-11,18-21,36H,1-2,6,8,12-13H2,(H2,28,32)(H,30,38)(H,31,37)(H3,27,33,34)/t18-,19?,20?,21+,26?/m0/s1. The molecule has 5 atom stereocenters. The van der Waals surface area contributed by atoms with Crippen molar-refractivity contribution in [3.05, 3.63) is 65.0 Å². The zero-order valence-electron chi connectivity index (χ0n) is 20.8. The van der Waals surface area contributed by atoms with Gasteiger partial charge < -0.3 is 37.4 Å². The van der Waals surface area contributed by atoms with Gasteiger partial charge in [0.05, 0.1) is 12.1 Å². The van der Waals surface area contributed by atoms with Gasteiger partial charge in [0.2, 0.25) is 0 Å². The first-order valence-electron chi connectivity index (χ1n) is 12.9. The number of rotatable bonds is 5. The van der Waals surface area contributed by atoms with Gasteiger partial charge in [-0.2, -0.15) is 0 Å². The van der Waals surface area contributed by atoms with Gasteiger partial charge in [-0.1, -0.05) is 18.2 Å². The van der Waals surface area contributed by atoms with E-state index in [1.165, 1.54) is 5.56 Å². The van der Waals surface area contributed by atoms with Crippen molar-refractivity contribution in [1.29, 1.82) is 0 Å². The molecule has 6 rings (SSSR count). The molecule has 2 aromatic rings. The number of aliphatic imine (C=N–C) groups is 2. The molecule has 1 aliphatic carbocycles. The van der Waals surface area contributed by atoms with Crippen LogP contribution in [0.25, 0.3) is 0 Å². The van der Waals surface area contributed by atoms with Gasteiger partial charge in [-0.25, -0.2) is 9.98 Å². The SMILES string of the molecule is NC1=NC2[C@H](CNC(=O)c3ccccn3)N=C(N)N3CC(NC(=O)c4cccc5c4CCCC5)[C@@H](O)C23N1. The molecule has 3 unspecified atom stereocenters. The number of guanidine groups is 2. The summed E-state index contributed by atoms with van der Waals surface area (Å²) in [4.78, 5) is 40.9. The number of benzene rings is 1. The fourth-order valence-corrected chi connectivity index (χ4v) is 6.23. The zero-order chi connectivity index (χ0) is 26.4. The van der Waals surface area contributed by atoms with Crippen molar-refractivity contribution in [2.24, 2.45) is 21.5 Å². The lowest BCUT2D eigenvalue weighted by Crippen LogP contribution is -2.73. The summed E-state index contributed by atoms with van der Waals surface area (Å²) < 4.78 is 0. The molecule has 0 bridgehead atoms. The highest BCUT2D eigenvalue weighted by atomic mass is 16.3.